The predicted octanol–water partition coefficient (Wildman–Crippen LogP) is -0.715. The van der Waals surface area contributed by atoms with Crippen LogP contribution < -0.4 is 5.32 Å². The Labute approximate surface area is 125 Å². The molecule has 0 aliphatic carbocycles. The Bertz CT molecular complexity index is 564. The maximum absolute atomic E-state index is 11.7. The summed E-state index contributed by atoms with van der Waals surface area (Å²) in [5, 5.41) is 21.3. The second-order valence-electron chi connectivity index (χ2n) is 5.07. The summed E-state index contributed by atoms with van der Waals surface area (Å²) < 4.78 is 14.9. The number of alkyl carbamates (subject to hydrolysis) is 1. The van der Waals surface area contributed by atoms with Gasteiger partial charge in [-0.3, -0.25) is 0 Å². The summed E-state index contributed by atoms with van der Waals surface area (Å²) in [5.74, 6) is -0.738. The average Bonchev–Trinajstić information content (AvgIpc) is 2.96. The molecular weight excluding hydrogens is 294 g/mol. The van der Waals surface area contributed by atoms with E-state index in [4.69, 9.17) is 14.2 Å². The van der Waals surface area contributed by atoms with E-state index in [2.05, 4.69) is 5.32 Å². The minimum absolute atomic E-state index is 0.0502. The number of benzene rings is 1. The molecule has 8 nitrogen and oxygen atoms in total. The van der Waals surface area contributed by atoms with Crippen molar-refractivity contribution in [3.8, 4) is 0 Å². The van der Waals surface area contributed by atoms with Gasteiger partial charge in [-0.1, -0.05) is 30.3 Å². The van der Waals surface area contributed by atoms with Gasteiger partial charge in [-0.05, 0) is 5.56 Å². The molecule has 0 bridgehead atoms. The monoisotopic (exact) mass is 309 g/mol. The molecule has 0 radical (unpaired) electrons. The van der Waals surface area contributed by atoms with Crippen LogP contribution in [-0.2, 0) is 25.6 Å². The van der Waals surface area contributed by atoms with Gasteiger partial charge in [0.1, 0.15) is 18.8 Å². The number of amides is 1. The van der Waals surface area contributed by atoms with Gasteiger partial charge in [0, 0.05) is 0 Å². The number of aliphatic hydroxyl groups excluding tert-OH is 2. The molecule has 2 heterocycles. The van der Waals surface area contributed by atoms with Gasteiger partial charge in [-0.25, -0.2) is 9.59 Å². The molecule has 0 saturated carbocycles. The summed E-state index contributed by atoms with van der Waals surface area (Å²) >= 11 is 0. The number of hydrogen-bond donors (Lipinski definition) is 3. The minimum atomic E-state index is -1.45. The third kappa shape index (κ3) is 2.76. The van der Waals surface area contributed by atoms with Gasteiger partial charge in [0.2, 0.25) is 0 Å². The molecule has 2 aliphatic heterocycles. The number of fused-ring (bicyclic) bond motifs is 1. The minimum Gasteiger partial charge on any atom is -0.455 e. The van der Waals surface area contributed by atoms with Crippen molar-refractivity contribution in [3.63, 3.8) is 0 Å². The normalized spacial score (nSPS) is 33.2. The molecule has 1 unspecified atom stereocenters. The van der Waals surface area contributed by atoms with E-state index in [-0.39, 0.29) is 6.61 Å². The van der Waals surface area contributed by atoms with Crippen molar-refractivity contribution in [2.24, 2.45) is 0 Å². The third-order valence-corrected chi connectivity index (χ3v) is 3.57. The summed E-state index contributed by atoms with van der Waals surface area (Å²) in [6.45, 7) is 0.0502. The van der Waals surface area contributed by atoms with Crippen LogP contribution in [0.5, 0.6) is 0 Å². The lowest BCUT2D eigenvalue weighted by Crippen LogP contribution is -2.46. The van der Waals surface area contributed by atoms with Crippen LogP contribution in [0, 0.1) is 0 Å². The first kappa shape index (κ1) is 14.8. The second-order valence-corrected chi connectivity index (χ2v) is 5.07. The lowest BCUT2D eigenvalue weighted by molar-refractivity contribution is -0.158. The highest BCUT2D eigenvalue weighted by Crippen LogP contribution is 2.31. The van der Waals surface area contributed by atoms with E-state index < -0.39 is 42.7 Å². The van der Waals surface area contributed by atoms with Gasteiger partial charge in [0.15, 0.2) is 18.4 Å². The summed E-state index contributed by atoms with van der Waals surface area (Å²) in [4.78, 5) is 23.4. The fourth-order valence-corrected chi connectivity index (χ4v) is 2.45. The molecule has 2 fully saturated rings. The number of ether oxygens (including phenoxy) is 3. The van der Waals surface area contributed by atoms with E-state index in [1.165, 1.54) is 0 Å². The first-order chi connectivity index (χ1) is 10.6. The lowest BCUT2D eigenvalue weighted by atomic mass is 10.1. The first-order valence-corrected chi connectivity index (χ1v) is 6.75. The van der Waals surface area contributed by atoms with Gasteiger partial charge in [-0.15, -0.1) is 0 Å². The molecule has 1 amide bonds. The Balaban J connectivity index is 1.56. The van der Waals surface area contributed by atoms with Crippen LogP contribution in [0.4, 0.5) is 4.79 Å². The predicted molar refractivity (Wildman–Crippen MR) is 70.3 cm³/mol. The number of aliphatic hydroxyl groups is 2. The molecule has 2 saturated heterocycles. The Morgan fingerprint density at radius 2 is 1.95 bits per heavy atom. The van der Waals surface area contributed by atoms with Crippen molar-refractivity contribution in [1.29, 1.82) is 0 Å². The topological polar surface area (TPSA) is 114 Å². The van der Waals surface area contributed by atoms with E-state index >= 15 is 0 Å². The van der Waals surface area contributed by atoms with Crippen molar-refractivity contribution < 1.29 is 34.0 Å². The van der Waals surface area contributed by atoms with Gasteiger partial charge in [-0.2, -0.15) is 0 Å². The van der Waals surface area contributed by atoms with Gasteiger partial charge < -0.3 is 29.7 Å². The molecule has 5 atom stereocenters. The number of carbonyl (C=O) groups excluding carboxylic acids is 2. The van der Waals surface area contributed by atoms with Crippen LogP contribution in [-0.4, -0.2) is 52.9 Å². The Morgan fingerprint density at radius 3 is 2.68 bits per heavy atom. The zero-order chi connectivity index (χ0) is 15.7. The van der Waals surface area contributed by atoms with Crippen molar-refractivity contribution in [1.82, 2.24) is 5.32 Å². The van der Waals surface area contributed by atoms with Crippen molar-refractivity contribution >= 4 is 12.1 Å². The summed E-state index contributed by atoms with van der Waals surface area (Å²) in [6.07, 6.45) is -5.54. The van der Waals surface area contributed by atoms with Crippen molar-refractivity contribution in [3.05, 3.63) is 35.9 Å². The highest BCUT2D eigenvalue weighted by atomic mass is 16.7. The maximum Gasteiger partial charge on any atom is 0.408 e. The van der Waals surface area contributed by atoms with E-state index in [0.29, 0.717) is 0 Å². The molecule has 1 aromatic carbocycles. The second kappa shape index (κ2) is 5.91. The number of hydrogen-bond acceptors (Lipinski definition) is 7. The lowest BCUT2D eigenvalue weighted by Gasteiger charge is -2.15. The molecule has 0 spiro atoms. The summed E-state index contributed by atoms with van der Waals surface area (Å²) in [7, 11) is 0. The fourth-order valence-electron chi connectivity index (χ4n) is 2.45. The molecule has 0 aromatic heterocycles. The van der Waals surface area contributed by atoms with Crippen LogP contribution in [0.15, 0.2) is 30.3 Å². The molecule has 1 aromatic rings. The molecule has 3 rings (SSSR count). The molecular formula is C14H15NO7. The summed E-state index contributed by atoms with van der Waals surface area (Å²) in [5.41, 5.74) is 0.799. The van der Waals surface area contributed by atoms with E-state index in [1.54, 1.807) is 12.1 Å². The van der Waals surface area contributed by atoms with Gasteiger partial charge >= 0.3 is 12.1 Å². The SMILES string of the molecule is O=C(N[C@H]1C(=O)O[C@H]2[C@@H]1OC(O)[C@@H]2O)OCc1ccccc1. The van der Waals surface area contributed by atoms with Gasteiger partial charge in [0.05, 0.1) is 0 Å². The van der Waals surface area contributed by atoms with Crippen LogP contribution >= 0.6 is 0 Å². The maximum atomic E-state index is 11.7. The molecule has 2 aliphatic rings. The fraction of sp³-hybridized carbons (Fsp3) is 0.429. The number of rotatable bonds is 3. The molecule has 118 valence electrons. The van der Waals surface area contributed by atoms with E-state index in [9.17, 15) is 19.8 Å². The Hall–Kier alpha value is -2.16. The van der Waals surface area contributed by atoms with Crippen LogP contribution in [0.3, 0.4) is 0 Å². The van der Waals surface area contributed by atoms with Crippen LogP contribution in [0.2, 0.25) is 0 Å². The third-order valence-electron chi connectivity index (χ3n) is 3.57. The van der Waals surface area contributed by atoms with Gasteiger partial charge in [0.25, 0.3) is 0 Å². The number of nitrogens with one attached hydrogen (secondary N) is 1. The Morgan fingerprint density at radius 1 is 1.23 bits per heavy atom. The number of carbonyl (C=O) groups is 2. The van der Waals surface area contributed by atoms with E-state index in [0.717, 1.165) is 5.56 Å². The van der Waals surface area contributed by atoms with Crippen molar-refractivity contribution in [2.75, 3.05) is 0 Å². The molecule has 3 N–H and O–H groups in total. The zero-order valence-electron chi connectivity index (χ0n) is 11.4. The largest absolute Gasteiger partial charge is 0.455 e. The first-order valence-electron chi connectivity index (χ1n) is 6.75. The highest BCUT2D eigenvalue weighted by molar-refractivity contribution is 5.84. The smallest absolute Gasteiger partial charge is 0.408 e. The standard InChI is InChI=1S/C14H15NO7/c16-9-11-10(21-13(9)18)8(12(17)22-11)15-14(19)20-6-7-4-2-1-3-5-7/h1-5,8-11,13,16,18H,6H2,(H,15,19)/t8-,9-,10-,11-,13?/m1/s1. The number of esters is 1. The molecule has 8 heteroatoms. The van der Waals surface area contributed by atoms with Crippen LogP contribution in [0.1, 0.15) is 5.56 Å². The highest BCUT2D eigenvalue weighted by Gasteiger charge is 2.57. The van der Waals surface area contributed by atoms with Crippen LogP contribution in [0.25, 0.3) is 0 Å². The Kier molecular flexibility index (Phi) is 3.97. The summed E-state index contributed by atoms with van der Waals surface area (Å²) in [6, 6.07) is 7.92. The average molecular weight is 309 g/mol. The quantitative estimate of drug-likeness (QED) is 0.632. The zero-order valence-corrected chi connectivity index (χ0v) is 11.4. The van der Waals surface area contributed by atoms with Crippen molar-refractivity contribution in [2.45, 2.75) is 37.3 Å². The van der Waals surface area contributed by atoms with E-state index in [1.807, 2.05) is 18.2 Å². The molecule has 22 heavy (non-hydrogen) atoms.